The monoisotopic (exact) mass is 272 g/mol. The molecule has 0 aromatic heterocycles. The van der Waals surface area contributed by atoms with Crippen LogP contribution >= 0.6 is 23.2 Å². The SMILES string of the molecule is CC1CC(C)CC(O)(c2ccc(Cl)cc2Cl)C1. The first kappa shape index (κ1) is 13.2. The molecule has 0 saturated heterocycles. The summed E-state index contributed by atoms with van der Waals surface area (Å²) in [6.07, 6.45) is 2.73. The normalized spacial score (nSPS) is 33.7. The zero-order valence-electron chi connectivity index (χ0n) is 10.2. The maximum atomic E-state index is 10.8. The molecule has 1 saturated carbocycles. The molecule has 94 valence electrons. The Morgan fingerprint density at radius 1 is 1.18 bits per heavy atom. The number of aliphatic hydroxyl groups is 1. The zero-order valence-corrected chi connectivity index (χ0v) is 11.7. The molecule has 1 nitrogen and oxygen atoms in total. The van der Waals surface area contributed by atoms with Crippen LogP contribution in [0.3, 0.4) is 0 Å². The maximum Gasteiger partial charge on any atom is 0.0916 e. The van der Waals surface area contributed by atoms with Crippen molar-refractivity contribution in [3.63, 3.8) is 0 Å². The molecule has 2 atom stereocenters. The summed E-state index contributed by atoms with van der Waals surface area (Å²) in [7, 11) is 0. The highest BCUT2D eigenvalue weighted by Crippen LogP contribution is 2.44. The predicted molar refractivity (Wildman–Crippen MR) is 72.5 cm³/mol. The molecule has 1 aromatic carbocycles. The lowest BCUT2D eigenvalue weighted by molar-refractivity contribution is -0.0361. The smallest absolute Gasteiger partial charge is 0.0916 e. The number of hydrogen-bond acceptors (Lipinski definition) is 1. The maximum absolute atomic E-state index is 10.8. The molecule has 0 amide bonds. The highest BCUT2D eigenvalue weighted by Gasteiger charge is 2.38. The molecule has 1 fully saturated rings. The molecule has 1 N–H and O–H groups in total. The fourth-order valence-corrected chi connectivity index (χ4v) is 3.76. The molecule has 2 rings (SSSR count). The Bertz CT molecular complexity index is 407. The second kappa shape index (κ2) is 4.79. The van der Waals surface area contributed by atoms with E-state index in [4.69, 9.17) is 23.2 Å². The fourth-order valence-electron chi connectivity index (χ4n) is 3.18. The van der Waals surface area contributed by atoms with Gasteiger partial charge in [-0.05, 0) is 43.2 Å². The quantitative estimate of drug-likeness (QED) is 0.790. The molecule has 1 aromatic rings. The zero-order chi connectivity index (χ0) is 12.6. The van der Waals surface area contributed by atoms with Crippen LogP contribution in [0.2, 0.25) is 10.0 Å². The summed E-state index contributed by atoms with van der Waals surface area (Å²) < 4.78 is 0. The molecule has 2 unspecified atom stereocenters. The summed E-state index contributed by atoms with van der Waals surface area (Å²) in [5, 5.41) is 12.0. The Morgan fingerprint density at radius 3 is 2.29 bits per heavy atom. The van der Waals surface area contributed by atoms with Gasteiger partial charge in [-0.25, -0.2) is 0 Å². The van der Waals surface area contributed by atoms with Crippen molar-refractivity contribution in [1.82, 2.24) is 0 Å². The van der Waals surface area contributed by atoms with E-state index in [1.54, 1.807) is 12.1 Å². The van der Waals surface area contributed by atoms with Crippen LogP contribution in [0.4, 0.5) is 0 Å². The van der Waals surface area contributed by atoms with Gasteiger partial charge in [-0.1, -0.05) is 43.1 Å². The lowest BCUT2D eigenvalue weighted by Crippen LogP contribution is -2.35. The first-order valence-corrected chi connectivity index (χ1v) is 6.84. The number of halogens is 2. The van der Waals surface area contributed by atoms with Crippen molar-refractivity contribution in [2.45, 2.75) is 38.7 Å². The molecule has 1 aliphatic rings. The first-order chi connectivity index (χ1) is 7.90. The summed E-state index contributed by atoms with van der Waals surface area (Å²) in [5.41, 5.74) is 0.0284. The largest absolute Gasteiger partial charge is 0.385 e. The van der Waals surface area contributed by atoms with Gasteiger partial charge in [-0.15, -0.1) is 0 Å². The van der Waals surface area contributed by atoms with Crippen molar-refractivity contribution in [2.24, 2.45) is 11.8 Å². The molecular weight excluding hydrogens is 255 g/mol. The third kappa shape index (κ3) is 2.78. The summed E-state index contributed by atoms with van der Waals surface area (Å²) in [6, 6.07) is 5.36. The van der Waals surface area contributed by atoms with Crippen LogP contribution in [0.5, 0.6) is 0 Å². The van der Waals surface area contributed by atoms with Gasteiger partial charge in [-0.3, -0.25) is 0 Å². The third-order valence-corrected chi connectivity index (χ3v) is 4.16. The van der Waals surface area contributed by atoms with Crippen molar-refractivity contribution in [3.8, 4) is 0 Å². The molecule has 0 spiro atoms. The van der Waals surface area contributed by atoms with E-state index >= 15 is 0 Å². The highest BCUT2D eigenvalue weighted by atomic mass is 35.5. The predicted octanol–water partition coefficient (Wildman–Crippen LogP) is 4.64. The Kier molecular flexibility index (Phi) is 3.72. The number of rotatable bonds is 1. The van der Waals surface area contributed by atoms with Crippen LogP contribution in [0, 0.1) is 11.8 Å². The minimum absolute atomic E-state index is 0.524. The molecular formula is C14H18Cl2O. The van der Waals surface area contributed by atoms with E-state index in [1.807, 2.05) is 6.07 Å². The van der Waals surface area contributed by atoms with Gasteiger partial charge in [0.2, 0.25) is 0 Å². The second-order valence-corrected chi connectivity index (χ2v) is 6.35. The average molecular weight is 273 g/mol. The van der Waals surface area contributed by atoms with E-state index < -0.39 is 5.60 Å². The van der Waals surface area contributed by atoms with Gasteiger partial charge >= 0.3 is 0 Å². The van der Waals surface area contributed by atoms with Gasteiger partial charge < -0.3 is 5.11 Å². The van der Waals surface area contributed by atoms with E-state index in [0.717, 1.165) is 18.4 Å². The van der Waals surface area contributed by atoms with E-state index in [1.165, 1.54) is 6.42 Å². The number of benzene rings is 1. The van der Waals surface area contributed by atoms with E-state index in [0.29, 0.717) is 21.9 Å². The number of hydrogen-bond donors (Lipinski definition) is 1. The standard InChI is InChI=1S/C14H18Cl2O/c1-9-5-10(2)8-14(17,7-9)12-4-3-11(15)6-13(12)16/h3-4,6,9-10,17H,5,7-8H2,1-2H3. The summed E-state index contributed by atoms with van der Waals surface area (Å²) in [5.74, 6) is 1.05. The lowest BCUT2D eigenvalue weighted by atomic mass is 9.71. The Balaban J connectivity index is 2.36. The Morgan fingerprint density at radius 2 is 1.76 bits per heavy atom. The molecule has 0 aliphatic heterocycles. The summed E-state index contributed by atoms with van der Waals surface area (Å²) >= 11 is 12.1. The molecule has 3 heteroatoms. The van der Waals surface area contributed by atoms with E-state index in [9.17, 15) is 5.11 Å². The second-order valence-electron chi connectivity index (χ2n) is 5.51. The van der Waals surface area contributed by atoms with Crippen LogP contribution in [0.1, 0.15) is 38.7 Å². The van der Waals surface area contributed by atoms with Crippen molar-refractivity contribution in [1.29, 1.82) is 0 Å². The van der Waals surface area contributed by atoms with Gasteiger partial charge in [0.25, 0.3) is 0 Å². The van der Waals surface area contributed by atoms with Crippen molar-refractivity contribution < 1.29 is 5.11 Å². The van der Waals surface area contributed by atoms with Crippen molar-refractivity contribution >= 4 is 23.2 Å². The van der Waals surface area contributed by atoms with Crippen LogP contribution in [-0.4, -0.2) is 5.11 Å². The van der Waals surface area contributed by atoms with Crippen LogP contribution < -0.4 is 0 Å². The van der Waals surface area contributed by atoms with Crippen LogP contribution in [-0.2, 0) is 5.60 Å². The minimum Gasteiger partial charge on any atom is -0.385 e. The Hall–Kier alpha value is -0.240. The lowest BCUT2D eigenvalue weighted by Gasteiger charge is -2.39. The topological polar surface area (TPSA) is 20.2 Å². The fraction of sp³-hybridized carbons (Fsp3) is 0.571. The summed E-state index contributed by atoms with van der Waals surface area (Å²) in [6.45, 7) is 4.37. The van der Waals surface area contributed by atoms with E-state index in [-0.39, 0.29) is 0 Å². The minimum atomic E-state index is -0.793. The van der Waals surface area contributed by atoms with Gasteiger partial charge in [0.1, 0.15) is 0 Å². The van der Waals surface area contributed by atoms with Gasteiger partial charge in [0.05, 0.1) is 5.60 Å². The molecule has 17 heavy (non-hydrogen) atoms. The molecule has 0 radical (unpaired) electrons. The molecule has 1 aliphatic carbocycles. The van der Waals surface area contributed by atoms with Crippen LogP contribution in [0.15, 0.2) is 18.2 Å². The Labute approximate surface area is 113 Å². The van der Waals surface area contributed by atoms with Gasteiger partial charge in [0.15, 0.2) is 0 Å². The van der Waals surface area contributed by atoms with Crippen molar-refractivity contribution in [2.75, 3.05) is 0 Å². The third-order valence-electron chi connectivity index (χ3n) is 3.61. The summed E-state index contributed by atoms with van der Waals surface area (Å²) in [4.78, 5) is 0. The molecule has 0 bridgehead atoms. The highest BCUT2D eigenvalue weighted by molar-refractivity contribution is 6.35. The van der Waals surface area contributed by atoms with Gasteiger partial charge in [-0.2, -0.15) is 0 Å². The van der Waals surface area contributed by atoms with E-state index in [2.05, 4.69) is 13.8 Å². The molecule has 0 heterocycles. The van der Waals surface area contributed by atoms with Crippen LogP contribution in [0.25, 0.3) is 0 Å². The average Bonchev–Trinajstić information content (AvgIpc) is 2.13. The van der Waals surface area contributed by atoms with Gasteiger partial charge in [0, 0.05) is 15.6 Å². The van der Waals surface area contributed by atoms with Crippen molar-refractivity contribution in [3.05, 3.63) is 33.8 Å². The first-order valence-electron chi connectivity index (χ1n) is 6.08.